The molecule has 0 spiro atoms. The van der Waals surface area contributed by atoms with Crippen molar-refractivity contribution in [2.24, 2.45) is 5.92 Å². The number of hydrogen-bond acceptors (Lipinski definition) is 2. The number of hydrogen-bond donors (Lipinski definition) is 1. The minimum atomic E-state index is -0.464. The third-order valence-electron chi connectivity index (χ3n) is 3.79. The standard InChI is InChI=1S/C19H30N2O2/c1-6-7-18(22)21(13-17-10-8-15(4)9-11-17)16(5)19(23)20-12-14(2)3/h8-11,14,16H,6-7,12-13H2,1-5H3,(H,20,23). The molecule has 0 saturated heterocycles. The first-order valence-electron chi connectivity index (χ1n) is 8.47. The van der Waals surface area contributed by atoms with Crippen molar-refractivity contribution in [2.75, 3.05) is 6.54 Å². The minimum Gasteiger partial charge on any atom is -0.354 e. The van der Waals surface area contributed by atoms with Gasteiger partial charge in [-0.25, -0.2) is 0 Å². The lowest BCUT2D eigenvalue weighted by Crippen LogP contribution is -2.48. The predicted molar refractivity (Wildman–Crippen MR) is 93.9 cm³/mol. The molecule has 2 amide bonds. The maximum absolute atomic E-state index is 12.4. The molecule has 1 aromatic carbocycles. The van der Waals surface area contributed by atoms with E-state index in [4.69, 9.17) is 0 Å². The van der Waals surface area contributed by atoms with Crippen LogP contribution in [0.4, 0.5) is 0 Å². The summed E-state index contributed by atoms with van der Waals surface area (Å²) in [6, 6.07) is 7.62. The summed E-state index contributed by atoms with van der Waals surface area (Å²) in [4.78, 5) is 26.5. The van der Waals surface area contributed by atoms with Gasteiger partial charge in [0, 0.05) is 19.5 Å². The Bertz CT molecular complexity index is 509. The fraction of sp³-hybridized carbons (Fsp3) is 0.579. The zero-order valence-electron chi connectivity index (χ0n) is 15.1. The first-order valence-corrected chi connectivity index (χ1v) is 8.47. The van der Waals surface area contributed by atoms with Gasteiger partial charge >= 0.3 is 0 Å². The Morgan fingerprint density at radius 1 is 1.13 bits per heavy atom. The number of amides is 2. The van der Waals surface area contributed by atoms with E-state index in [9.17, 15) is 9.59 Å². The molecule has 0 aliphatic carbocycles. The summed E-state index contributed by atoms with van der Waals surface area (Å²) in [6.07, 6.45) is 1.25. The lowest BCUT2D eigenvalue weighted by molar-refractivity contribution is -0.140. The Morgan fingerprint density at radius 2 is 1.74 bits per heavy atom. The summed E-state index contributed by atoms with van der Waals surface area (Å²) < 4.78 is 0. The third-order valence-corrected chi connectivity index (χ3v) is 3.79. The zero-order chi connectivity index (χ0) is 17.4. The molecule has 0 fully saturated rings. The maximum atomic E-state index is 12.4. The van der Waals surface area contributed by atoms with Gasteiger partial charge in [-0.15, -0.1) is 0 Å². The normalized spacial score (nSPS) is 12.1. The fourth-order valence-corrected chi connectivity index (χ4v) is 2.28. The quantitative estimate of drug-likeness (QED) is 0.799. The molecule has 0 saturated carbocycles. The summed E-state index contributed by atoms with van der Waals surface area (Å²) in [6.45, 7) is 11.0. The van der Waals surface area contributed by atoms with E-state index in [1.165, 1.54) is 5.56 Å². The summed E-state index contributed by atoms with van der Waals surface area (Å²) in [5.41, 5.74) is 2.23. The van der Waals surface area contributed by atoms with Gasteiger partial charge in [0.1, 0.15) is 6.04 Å². The van der Waals surface area contributed by atoms with Gasteiger partial charge in [-0.1, -0.05) is 50.6 Å². The lowest BCUT2D eigenvalue weighted by atomic mass is 10.1. The summed E-state index contributed by atoms with van der Waals surface area (Å²) in [5.74, 6) is 0.332. The highest BCUT2D eigenvalue weighted by Crippen LogP contribution is 2.12. The van der Waals surface area contributed by atoms with Crippen LogP contribution in [-0.4, -0.2) is 29.3 Å². The van der Waals surface area contributed by atoms with Crippen LogP contribution in [0.15, 0.2) is 24.3 Å². The molecule has 128 valence electrons. The Balaban J connectivity index is 2.84. The van der Waals surface area contributed by atoms with Gasteiger partial charge in [0.05, 0.1) is 0 Å². The second kappa shape index (κ2) is 9.33. The Kier molecular flexibility index (Phi) is 7.79. The van der Waals surface area contributed by atoms with Gasteiger partial charge < -0.3 is 10.2 Å². The van der Waals surface area contributed by atoms with E-state index in [-0.39, 0.29) is 11.8 Å². The van der Waals surface area contributed by atoms with Gasteiger partial charge in [0.15, 0.2) is 0 Å². The topological polar surface area (TPSA) is 49.4 Å². The van der Waals surface area contributed by atoms with E-state index in [2.05, 4.69) is 19.2 Å². The highest BCUT2D eigenvalue weighted by molar-refractivity contribution is 5.87. The van der Waals surface area contributed by atoms with Crippen molar-refractivity contribution in [3.05, 3.63) is 35.4 Å². The molecule has 0 aliphatic heterocycles. The van der Waals surface area contributed by atoms with Crippen LogP contribution >= 0.6 is 0 Å². The van der Waals surface area contributed by atoms with Crippen LogP contribution in [0.25, 0.3) is 0 Å². The molecule has 0 aliphatic rings. The molecule has 1 N–H and O–H groups in total. The highest BCUT2D eigenvalue weighted by atomic mass is 16.2. The molecule has 0 aromatic heterocycles. The largest absolute Gasteiger partial charge is 0.354 e. The fourth-order valence-electron chi connectivity index (χ4n) is 2.28. The first-order chi connectivity index (χ1) is 10.8. The first kappa shape index (κ1) is 19.2. The van der Waals surface area contributed by atoms with Gasteiger partial charge in [-0.3, -0.25) is 9.59 Å². The molecule has 4 nitrogen and oxygen atoms in total. The van der Waals surface area contributed by atoms with Crippen LogP contribution in [0.3, 0.4) is 0 Å². The zero-order valence-corrected chi connectivity index (χ0v) is 15.1. The van der Waals surface area contributed by atoms with Gasteiger partial charge in [-0.2, -0.15) is 0 Å². The van der Waals surface area contributed by atoms with Crippen LogP contribution in [0.2, 0.25) is 0 Å². The molecule has 1 atom stereocenters. The molecule has 4 heteroatoms. The second-order valence-corrected chi connectivity index (χ2v) is 6.57. The minimum absolute atomic E-state index is 0.0280. The summed E-state index contributed by atoms with van der Waals surface area (Å²) >= 11 is 0. The predicted octanol–water partition coefficient (Wildman–Crippen LogP) is 3.28. The van der Waals surface area contributed by atoms with Crippen molar-refractivity contribution < 1.29 is 9.59 Å². The molecule has 0 heterocycles. The van der Waals surface area contributed by atoms with Crippen LogP contribution < -0.4 is 5.32 Å². The summed E-state index contributed by atoms with van der Waals surface area (Å²) in [5, 5.41) is 2.92. The number of benzene rings is 1. The van der Waals surface area contributed by atoms with Crippen molar-refractivity contribution in [1.82, 2.24) is 10.2 Å². The van der Waals surface area contributed by atoms with Crippen LogP contribution in [0.1, 0.15) is 51.7 Å². The van der Waals surface area contributed by atoms with Crippen molar-refractivity contribution in [3.8, 4) is 0 Å². The van der Waals surface area contributed by atoms with Crippen LogP contribution in [0.5, 0.6) is 0 Å². The van der Waals surface area contributed by atoms with E-state index in [1.54, 1.807) is 11.8 Å². The monoisotopic (exact) mass is 318 g/mol. The second-order valence-electron chi connectivity index (χ2n) is 6.57. The van der Waals surface area contributed by atoms with Crippen molar-refractivity contribution in [3.63, 3.8) is 0 Å². The maximum Gasteiger partial charge on any atom is 0.242 e. The Labute approximate surface area is 140 Å². The molecule has 23 heavy (non-hydrogen) atoms. The molecule has 1 aromatic rings. The summed E-state index contributed by atoms with van der Waals surface area (Å²) in [7, 11) is 0. The third kappa shape index (κ3) is 6.43. The highest BCUT2D eigenvalue weighted by Gasteiger charge is 2.25. The molecular formula is C19H30N2O2. The number of carbonyl (C=O) groups is 2. The van der Waals surface area contributed by atoms with Gasteiger partial charge in [0.2, 0.25) is 11.8 Å². The molecular weight excluding hydrogens is 288 g/mol. The van der Waals surface area contributed by atoms with E-state index in [1.807, 2.05) is 38.1 Å². The van der Waals surface area contributed by atoms with Gasteiger partial charge in [-0.05, 0) is 31.7 Å². The van der Waals surface area contributed by atoms with E-state index < -0.39 is 6.04 Å². The molecule has 1 rings (SSSR count). The van der Waals surface area contributed by atoms with Crippen LogP contribution in [-0.2, 0) is 16.1 Å². The number of carbonyl (C=O) groups excluding carboxylic acids is 2. The SMILES string of the molecule is CCCC(=O)N(Cc1ccc(C)cc1)C(C)C(=O)NCC(C)C. The average Bonchev–Trinajstić information content (AvgIpc) is 2.51. The number of rotatable bonds is 8. The number of nitrogens with one attached hydrogen (secondary N) is 1. The number of nitrogens with zero attached hydrogens (tertiary/aromatic N) is 1. The van der Waals surface area contributed by atoms with E-state index in [0.29, 0.717) is 25.4 Å². The number of aryl methyl sites for hydroxylation is 1. The lowest BCUT2D eigenvalue weighted by Gasteiger charge is -2.29. The molecule has 0 bridgehead atoms. The van der Waals surface area contributed by atoms with Crippen LogP contribution in [0, 0.1) is 12.8 Å². The van der Waals surface area contributed by atoms with Crippen molar-refractivity contribution in [2.45, 2.75) is 60.0 Å². The average molecular weight is 318 g/mol. The molecule has 1 unspecified atom stereocenters. The molecule has 0 radical (unpaired) electrons. The van der Waals surface area contributed by atoms with Crippen molar-refractivity contribution in [1.29, 1.82) is 0 Å². The Morgan fingerprint density at radius 3 is 2.26 bits per heavy atom. The van der Waals surface area contributed by atoms with Gasteiger partial charge in [0.25, 0.3) is 0 Å². The van der Waals surface area contributed by atoms with E-state index >= 15 is 0 Å². The smallest absolute Gasteiger partial charge is 0.242 e. The Hall–Kier alpha value is -1.84. The van der Waals surface area contributed by atoms with Crippen molar-refractivity contribution >= 4 is 11.8 Å². The van der Waals surface area contributed by atoms with E-state index in [0.717, 1.165) is 12.0 Å².